The zero-order valence-corrected chi connectivity index (χ0v) is 13.7. The molecule has 2 N–H and O–H groups in total. The van der Waals surface area contributed by atoms with Gasteiger partial charge in [-0.05, 0) is 31.0 Å². The largest absolute Gasteiger partial charge is 0.507 e. The first kappa shape index (κ1) is 15.8. The van der Waals surface area contributed by atoms with Crippen LogP contribution in [-0.2, 0) is 6.54 Å². The van der Waals surface area contributed by atoms with Gasteiger partial charge in [0.2, 0.25) is 0 Å². The Kier molecular flexibility index (Phi) is 4.33. The molecule has 0 fully saturated rings. The van der Waals surface area contributed by atoms with E-state index in [0.717, 1.165) is 11.3 Å². The lowest BCUT2D eigenvalue weighted by Gasteiger charge is -2.10. The van der Waals surface area contributed by atoms with E-state index < -0.39 is 0 Å². The number of nitrogens with zero attached hydrogens (tertiary/aromatic N) is 2. The SMILES string of the molecule is Cc1cc(NC(=O)c2cccc(C)c2O)n(Cc2ccccc2)n1. The number of phenolic OH excluding ortho intramolecular Hbond substituents is 1. The van der Waals surface area contributed by atoms with E-state index in [9.17, 15) is 9.90 Å². The Bertz CT molecular complexity index is 870. The smallest absolute Gasteiger partial charge is 0.260 e. The average molecular weight is 321 g/mol. The van der Waals surface area contributed by atoms with Crippen molar-refractivity contribution in [3.8, 4) is 5.75 Å². The molecule has 1 aromatic heterocycles. The maximum Gasteiger partial charge on any atom is 0.260 e. The lowest BCUT2D eigenvalue weighted by Crippen LogP contribution is -2.16. The number of aromatic hydroxyl groups is 1. The zero-order valence-electron chi connectivity index (χ0n) is 13.7. The van der Waals surface area contributed by atoms with E-state index in [1.54, 1.807) is 29.8 Å². The van der Waals surface area contributed by atoms with Crippen LogP contribution >= 0.6 is 0 Å². The van der Waals surface area contributed by atoms with E-state index in [1.165, 1.54) is 0 Å². The summed E-state index contributed by atoms with van der Waals surface area (Å²) in [5.74, 6) is 0.244. The van der Waals surface area contributed by atoms with Crippen LogP contribution in [0.4, 0.5) is 5.82 Å². The predicted octanol–water partition coefficient (Wildman–Crippen LogP) is 3.51. The molecule has 0 aliphatic heterocycles. The number of anilines is 1. The molecular formula is C19H19N3O2. The second kappa shape index (κ2) is 6.58. The summed E-state index contributed by atoms with van der Waals surface area (Å²) in [5.41, 5.74) is 2.82. The molecule has 0 bridgehead atoms. The van der Waals surface area contributed by atoms with Crippen LogP contribution in [0.5, 0.6) is 5.75 Å². The van der Waals surface area contributed by atoms with Crippen LogP contribution < -0.4 is 5.32 Å². The number of aryl methyl sites for hydroxylation is 2. The number of nitrogens with one attached hydrogen (secondary N) is 1. The monoisotopic (exact) mass is 321 g/mol. The fourth-order valence-electron chi connectivity index (χ4n) is 2.55. The van der Waals surface area contributed by atoms with Gasteiger partial charge >= 0.3 is 0 Å². The maximum absolute atomic E-state index is 12.5. The van der Waals surface area contributed by atoms with Gasteiger partial charge in [-0.2, -0.15) is 5.10 Å². The number of para-hydroxylation sites is 1. The summed E-state index contributed by atoms with van der Waals surface area (Å²) in [6.07, 6.45) is 0. The van der Waals surface area contributed by atoms with Gasteiger partial charge in [0, 0.05) is 6.07 Å². The van der Waals surface area contributed by atoms with Gasteiger partial charge in [-0.1, -0.05) is 42.5 Å². The van der Waals surface area contributed by atoms with Crippen LogP contribution in [0.3, 0.4) is 0 Å². The number of hydrogen-bond acceptors (Lipinski definition) is 3. The molecule has 0 spiro atoms. The van der Waals surface area contributed by atoms with Crippen LogP contribution in [-0.4, -0.2) is 20.8 Å². The third-order valence-electron chi connectivity index (χ3n) is 3.80. The highest BCUT2D eigenvalue weighted by molar-refractivity contribution is 6.06. The van der Waals surface area contributed by atoms with Crippen molar-refractivity contribution < 1.29 is 9.90 Å². The fourth-order valence-corrected chi connectivity index (χ4v) is 2.55. The third-order valence-corrected chi connectivity index (χ3v) is 3.80. The summed E-state index contributed by atoms with van der Waals surface area (Å²) in [6.45, 7) is 4.20. The van der Waals surface area contributed by atoms with Gasteiger partial charge in [0.1, 0.15) is 11.6 Å². The minimum Gasteiger partial charge on any atom is -0.507 e. The van der Waals surface area contributed by atoms with Crippen molar-refractivity contribution >= 4 is 11.7 Å². The van der Waals surface area contributed by atoms with Crippen molar-refractivity contribution in [2.45, 2.75) is 20.4 Å². The summed E-state index contributed by atoms with van der Waals surface area (Å²) < 4.78 is 1.75. The molecule has 1 amide bonds. The number of amides is 1. The van der Waals surface area contributed by atoms with Crippen molar-refractivity contribution in [2.75, 3.05) is 5.32 Å². The van der Waals surface area contributed by atoms with E-state index in [4.69, 9.17) is 0 Å². The minimum absolute atomic E-state index is 0.000784. The van der Waals surface area contributed by atoms with Gasteiger partial charge in [-0.15, -0.1) is 0 Å². The summed E-state index contributed by atoms with van der Waals surface area (Å²) >= 11 is 0. The van der Waals surface area contributed by atoms with Gasteiger partial charge in [0.25, 0.3) is 5.91 Å². The van der Waals surface area contributed by atoms with Gasteiger partial charge in [-0.3, -0.25) is 4.79 Å². The Balaban J connectivity index is 1.85. The first-order chi connectivity index (χ1) is 11.5. The Morgan fingerprint density at radius 2 is 1.88 bits per heavy atom. The quantitative estimate of drug-likeness (QED) is 0.773. The molecule has 1 heterocycles. The molecule has 0 aliphatic carbocycles. The second-order valence-electron chi connectivity index (χ2n) is 5.74. The molecule has 0 saturated heterocycles. The van der Waals surface area contributed by atoms with Crippen molar-refractivity contribution in [1.29, 1.82) is 0 Å². The Morgan fingerprint density at radius 3 is 2.62 bits per heavy atom. The summed E-state index contributed by atoms with van der Waals surface area (Å²) in [7, 11) is 0. The van der Waals surface area contributed by atoms with Gasteiger partial charge in [0.15, 0.2) is 0 Å². The number of aromatic nitrogens is 2. The lowest BCUT2D eigenvalue weighted by atomic mass is 10.1. The number of benzene rings is 2. The van der Waals surface area contributed by atoms with Crippen molar-refractivity contribution in [3.05, 3.63) is 77.0 Å². The molecule has 24 heavy (non-hydrogen) atoms. The summed E-state index contributed by atoms with van der Waals surface area (Å²) in [6, 6.07) is 16.8. The van der Waals surface area contributed by atoms with Crippen molar-refractivity contribution in [3.63, 3.8) is 0 Å². The highest BCUT2D eigenvalue weighted by Crippen LogP contribution is 2.23. The molecule has 3 aromatic rings. The minimum atomic E-state index is -0.356. The summed E-state index contributed by atoms with van der Waals surface area (Å²) in [4.78, 5) is 12.5. The topological polar surface area (TPSA) is 67.2 Å². The van der Waals surface area contributed by atoms with Crippen LogP contribution in [0.25, 0.3) is 0 Å². The van der Waals surface area contributed by atoms with Crippen molar-refractivity contribution in [1.82, 2.24) is 9.78 Å². The Labute approximate surface area is 140 Å². The number of phenols is 1. The molecule has 5 heteroatoms. The molecule has 0 unspecified atom stereocenters. The highest BCUT2D eigenvalue weighted by atomic mass is 16.3. The lowest BCUT2D eigenvalue weighted by molar-refractivity contribution is 0.102. The molecule has 5 nitrogen and oxygen atoms in total. The number of hydrogen-bond donors (Lipinski definition) is 2. The average Bonchev–Trinajstić information content (AvgIpc) is 2.90. The van der Waals surface area contributed by atoms with Crippen molar-refractivity contribution in [2.24, 2.45) is 0 Å². The number of carbonyl (C=O) groups excluding carboxylic acids is 1. The second-order valence-corrected chi connectivity index (χ2v) is 5.74. The van der Waals surface area contributed by atoms with Gasteiger partial charge in [-0.25, -0.2) is 4.68 Å². The van der Waals surface area contributed by atoms with Crippen LogP contribution in [0, 0.1) is 13.8 Å². The summed E-state index contributed by atoms with van der Waals surface area (Å²) in [5, 5.41) is 17.3. The van der Waals surface area contributed by atoms with E-state index >= 15 is 0 Å². The fraction of sp³-hybridized carbons (Fsp3) is 0.158. The van der Waals surface area contributed by atoms with Crippen LogP contribution in [0.1, 0.15) is 27.2 Å². The van der Waals surface area contributed by atoms with Gasteiger partial charge in [0.05, 0.1) is 17.8 Å². The molecule has 0 radical (unpaired) electrons. The Morgan fingerprint density at radius 1 is 1.12 bits per heavy atom. The Hall–Kier alpha value is -3.08. The molecule has 0 atom stereocenters. The molecule has 0 saturated carbocycles. The van der Waals surface area contributed by atoms with Crippen LogP contribution in [0.2, 0.25) is 0 Å². The van der Waals surface area contributed by atoms with E-state index in [0.29, 0.717) is 17.9 Å². The molecular weight excluding hydrogens is 302 g/mol. The first-order valence-electron chi connectivity index (χ1n) is 7.73. The normalized spacial score (nSPS) is 10.6. The highest BCUT2D eigenvalue weighted by Gasteiger charge is 2.15. The van der Waals surface area contributed by atoms with E-state index in [2.05, 4.69) is 10.4 Å². The van der Waals surface area contributed by atoms with Crippen LogP contribution in [0.15, 0.2) is 54.6 Å². The zero-order chi connectivity index (χ0) is 17.1. The standard InChI is InChI=1S/C19H19N3O2/c1-13-7-6-10-16(18(13)23)19(24)20-17-11-14(2)21-22(17)12-15-8-4-3-5-9-15/h3-11,23H,12H2,1-2H3,(H,20,24). The van der Waals surface area contributed by atoms with E-state index in [1.807, 2.05) is 43.3 Å². The molecule has 122 valence electrons. The number of rotatable bonds is 4. The molecule has 2 aromatic carbocycles. The molecule has 0 aliphatic rings. The predicted molar refractivity (Wildman–Crippen MR) is 93.3 cm³/mol. The van der Waals surface area contributed by atoms with E-state index in [-0.39, 0.29) is 17.2 Å². The third kappa shape index (κ3) is 3.30. The maximum atomic E-state index is 12.5. The molecule has 3 rings (SSSR count). The first-order valence-corrected chi connectivity index (χ1v) is 7.73. The number of carbonyl (C=O) groups is 1. The van der Waals surface area contributed by atoms with Gasteiger partial charge < -0.3 is 10.4 Å².